The maximum atomic E-state index is 11.8. The lowest BCUT2D eigenvalue weighted by Gasteiger charge is -2.12. The van der Waals surface area contributed by atoms with Crippen LogP contribution < -0.4 is 10.7 Å². The van der Waals surface area contributed by atoms with Crippen molar-refractivity contribution in [2.24, 2.45) is 5.10 Å². The number of amides is 2. The highest BCUT2D eigenvalue weighted by molar-refractivity contribution is 5.94. The van der Waals surface area contributed by atoms with E-state index in [-0.39, 0.29) is 18.2 Å². The van der Waals surface area contributed by atoms with Crippen LogP contribution in [0.5, 0.6) is 0 Å². The number of benzene rings is 1. The molecule has 5 heteroatoms. The summed E-state index contributed by atoms with van der Waals surface area (Å²) in [4.78, 5) is 23.4. The van der Waals surface area contributed by atoms with Crippen LogP contribution in [0.15, 0.2) is 35.4 Å². The molecule has 21 heavy (non-hydrogen) atoms. The molecule has 1 aromatic rings. The molecule has 1 aliphatic carbocycles. The first kappa shape index (κ1) is 15.2. The van der Waals surface area contributed by atoms with Crippen molar-refractivity contribution in [2.75, 3.05) is 6.54 Å². The Balaban J connectivity index is 1.66. The van der Waals surface area contributed by atoms with E-state index >= 15 is 0 Å². The van der Waals surface area contributed by atoms with Gasteiger partial charge in [0.05, 0.1) is 0 Å². The molecule has 0 spiro atoms. The molecular formula is C16H21N3O2. The molecule has 1 aliphatic rings. The molecule has 2 rings (SSSR count). The Morgan fingerprint density at radius 3 is 2.48 bits per heavy atom. The number of carbonyl (C=O) groups is 2. The molecular weight excluding hydrogens is 266 g/mol. The Bertz CT molecular complexity index is 504. The fraction of sp³-hybridized carbons (Fsp3) is 0.438. The molecule has 0 radical (unpaired) electrons. The monoisotopic (exact) mass is 287 g/mol. The van der Waals surface area contributed by atoms with Gasteiger partial charge in [-0.15, -0.1) is 0 Å². The van der Waals surface area contributed by atoms with Crippen molar-refractivity contribution in [1.82, 2.24) is 10.7 Å². The Labute approximate surface area is 124 Å². The van der Waals surface area contributed by atoms with E-state index in [1.54, 1.807) is 12.1 Å². The van der Waals surface area contributed by atoms with E-state index in [1.807, 2.05) is 18.2 Å². The van der Waals surface area contributed by atoms with Gasteiger partial charge in [0, 0.05) is 24.2 Å². The van der Waals surface area contributed by atoms with Gasteiger partial charge in [0.1, 0.15) is 0 Å². The Morgan fingerprint density at radius 2 is 1.76 bits per heavy atom. The highest BCUT2D eigenvalue weighted by Crippen LogP contribution is 2.14. The first-order valence-electron chi connectivity index (χ1n) is 7.43. The number of nitrogens with one attached hydrogen (secondary N) is 2. The minimum atomic E-state index is -0.165. The van der Waals surface area contributed by atoms with Crippen LogP contribution >= 0.6 is 0 Å². The fourth-order valence-electron chi connectivity index (χ4n) is 2.25. The van der Waals surface area contributed by atoms with Gasteiger partial charge in [-0.05, 0) is 37.8 Å². The van der Waals surface area contributed by atoms with Gasteiger partial charge in [-0.25, -0.2) is 5.43 Å². The molecule has 0 atom stereocenters. The summed E-state index contributed by atoms with van der Waals surface area (Å²) >= 11 is 0. The van der Waals surface area contributed by atoms with E-state index in [1.165, 1.54) is 6.42 Å². The van der Waals surface area contributed by atoms with Crippen LogP contribution in [0.3, 0.4) is 0 Å². The van der Waals surface area contributed by atoms with Crippen molar-refractivity contribution in [2.45, 2.75) is 38.5 Å². The third kappa shape index (κ3) is 5.38. The van der Waals surface area contributed by atoms with Crippen LogP contribution in [0.25, 0.3) is 0 Å². The first-order chi connectivity index (χ1) is 10.3. The number of hydrazone groups is 1. The van der Waals surface area contributed by atoms with Gasteiger partial charge in [-0.2, -0.15) is 5.10 Å². The number of rotatable bonds is 5. The molecule has 1 saturated carbocycles. The van der Waals surface area contributed by atoms with Gasteiger partial charge in [0.2, 0.25) is 5.91 Å². The molecule has 2 amide bonds. The second kappa shape index (κ2) is 8.19. The summed E-state index contributed by atoms with van der Waals surface area (Å²) < 4.78 is 0. The normalized spacial score (nSPS) is 14.4. The average Bonchev–Trinajstić information content (AvgIpc) is 2.54. The lowest BCUT2D eigenvalue weighted by Crippen LogP contribution is -2.29. The third-order valence-corrected chi connectivity index (χ3v) is 3.44. The predicted octanol–water partition coefficient (Wildman–Crippen LogP) is 2.24. The number of hydrogen-bond acceptors (Lipinski definition) is 3. The average molecular weight is 287 g/mol. The molecule has 5 nitrogen and oxygen atoms in total. The zero-order valence-corrected chi connectivity index (χ0v) is 12.1. The van der Waals surface area contributed by atoms with Gasteiger partial charge < -0.3 is 5.32 Å². The zero-order chi connectivity index (χ0) is 14.9. The van der Waals surface area contributed by atoms with Crippen molar-refractivity contribution in [3.63, 3.8) is 0 Å². The Hall–Kier alpha value is -2.17. The maximum absolute atomic E-state index is 11.8. The van der Waals surface area contributed by atoms with Gasteiger partial charge in [0.15, 0.2) is 0 Å². The largest absolute Gasteiger partial charge is 0.352 e. The minimum Gasteiger partial charge on any atom is -0.352 e. The van der Waals surface area contributed by atoms with Crippen LogP contribution in [0.1, 0.15) is 48.9 Å². The van der Waals surface area contributed by atoms with E-state index in [4.69, 9.17) is 0 Å². The molecule has 1 fully saturated rings. The minimum absolute atomic E-state index is 0.165. The maximum Gasteiger partial charge on any atom is 0.251 e. The first-order valence-corrected chi connectivity index (χ1v) is 7.43. The Kier molecular flexibility index (Phi) is 5.94. The molecule has 112 valence electrons. The second-order valence-electron chi connectivity index (χ2n) is 5.15. The van der Waals surface area contributed by atoms with Gasteiger partial charge in [-0.1, -0.05) is 24.6 Å². The highest BCUT2D eigenvalue weighted by atomic mass is 16.2. The van der Waals surface area contributed by atoms with Crippen LogP contribution in [0, 0.1) is 0 Å². The van der Waals surface area contributed by atoms with Gasteiger partial charge in [-0.3, -0.25) is 9.59 Å². The zero-order valence-electron chi connectivity index (χ0n) is 12.1. The molecule has 2 N–H and O–H groups in total. The standard InChI is InChI=1S/C16H21N3O2/c20-15(19-18-14-9-5-2-6-10-14)11-12-17-16(21)13-7-3-1-4-8-13/h1,3-4,7-8H,2,5-6,9-12H2,(H,17,21)(H,19,20). The van der Waals surface area contributed by atoms with Crippen LogP contribution in [-0.4, -0.2) is 24.1 Å². The third-order valence-electron chi connectivity index (χ3n) is 3.44. The van der Waals surface area contributed by atoms with Crippen molar-refractivity contribution in [1.29, 1.82) is 0 Å². The van der Waals surface area contributed by atoms with E-state index in [0.29, 0.717) is 12.1 Å². The topological polar surface area (TPSA) is 70.6 Å². The van der Waals surface area contributed by atoms with E-state index in [2.05, 4.69) is 15.8 Å². The molecule has 0 unspecified atom stereocenters. The lowest BCUT2D eigenvalue weighted by molar-refractivity contribution is -0.120. The summed E-state index contributed by atoms with van der Waals surface area (Å²) in [5.41, 5.74) is 4.23. The fourth-order valence-corrected chi connectivity index (χ4v) is 2.25. The number of nitrogens with zero attached hydrogens (tertiary/aromatic N) is 1. The quantitative estimate of drug-likeness (QED) is 0.815. The van der Waals surface area contributed by atoms with E-state index < -0.39 is 0 Å². The SMILES string of the molecule is O=C(CCNC(=O)c1ccccc1)NN=C1CCCCC1. The molecule has 0 aromatic heterocycles. The van der Waals surface area contributed by atoms with Crippen molar-refractivity contribution in [3.8, 4) is 0 Å². The van der Waals surface area contributed by atoms with Crippen molar-refractivity contribution < 1.29 is 9.59 Å². The second-order valence-corrected chi connectivity index (χ2v) is 5.15. The van der Waals surface area contributed by atoms with Gasteiger partial charge in [0.25, 0.3) is 5.91 Å². The highest BCUT2D eigenvalue weighted by Gasteiger charge is 2.08. The van der Waals surface area contributed by atoms with Crippen molar-refractivity contribution >= 4 is 17.5 Å². The summed E-state index contributed by atoms with van der Waals surface area (Å²) in [7, 11) is 0. The number of carbonyl (C=O) groups excluding carboxylic acids is 2. The number of hydrogen-bond donors (Lipinski definition) is 2. The summed E-state index contributed by atoms with van der Waals surface area (Å²) in [5.74, 6) is -0.330. The molecule has 0 saturated heterocycles. The Morgan fingerprint density at radius 1 is 1.05 bits per heavy atom. The van der Waals surface area contributed by atoms with Crippen molar-refractivity contribution in [3.05, 3.63) is 35.9 Å². The van der Waals surface area contributed by atoms with Gasteiger partial charge >= 0.3 is 0 Å². The van der Waals surface area contributed by atoms with E-state index in [0.717, 1.165) is 31.4 Å². The molecule has 1 aromatic carbocycles. The smallest absolute Gasteiger partial charge is 0.251 e. The van der Waals surface area contributed by atoms with Crippen LogP contribution in [0.2, 0.25) is 0 Å². The summed E-state index contributed by atoms with van der Waals surface area (Å²) in [5, 5.41) is 6.86. The molecule has 0 aliphatic heterocycles. The molecule has 0 heterocycles. The lowest BCUT2D eigenvalue weighted by atomic mass is 9.99. The predicted molar refractivity (Wildman–Crippen MR) is 82.1 cm³/mol. The molecule has 0 bridgehead atoms. The van der Waals surface area contributed by atoms with Crippen LogP contribution in [0.4, 0.5) is 0 Å². The van der Waals surface area contributed by atoms with Crippen LogP contribution in [-0.2, 0) is 4.79 Å². The summed E-state index contributed by atoms with van der Waals surface area (Å²) in [6.07, 6.45) is 5.74. The van der Waals surface area contributed by atoms with E-state index in [9.17, 15) is 9.59 Å². The summed E-state index contributed by atoms with van der Waals surface area (Å²) in [6.45, 7) is 0.310. The summed E-state index contributed by atoms with van der Waals surface area (Å²) in [6, 6.07) is 8.95.